The van der Waals surface area contributed by atoms with E-state index in [-0.39, 0.29) is 28.4 Å². The Kier molecular flexibility index (Phi) is 10.8. The summed E-state index contributed by atoms with van der Waals surface area (Å²) in [6.07, 6.45) is -13.5. The molecule has 0 fully saturated rings. The Labute approximate surface area is 246 Å². The number of anilines is 1. The molecule has 0 aliphatic heterocycles. The van der Waals surface area contributed by atoms with Gasteiger partial charge < -0.3 is 15.2 Å². The third kappa shape index (κ3) is 8.25. The monoisotopic (exact) mass is 639 g/mol. The van der Waals surface area contributed by atoms with E-state index in [4.69, 9.17) is 16.7 Å². The average Bonchev–Trinajstić information content (AvgIpc) is 2.92. The zero-order chi connectivity index (χ0) is 32.0. The maximum Gasteiger partial charge on any atom is 0.461 e. The molecule has 1 unspecified atom stereocenters. The number of aromatic nitrogens is 1. The molecule has 0 bridgehead atoms. The van der Waals surface area contributed by atoms with Crippen molar-refractivity contribution < 1.29 is 49.8 Å². The van der Waals surface area contributed by atoms with Gasteiger partial charge in [-0.25, -0.2) is 9.18 Å². The van der Waals surface area contributed by atoms with Crippen LogP contribution in [-0.4, -0.2) is 48.0 Å². The van der Waals surface area contributed by atoms with Gasteiger partial charge in [-0.2, -0.15) is 30.7 Å². The summed E-state index contributed by atoms with van der Waals surface area (Å²) in [5.74, 6) is -4.27. The van der Waals surface area contributed by atoms with E-state index in [0.29, 0.717) is 6.07 Å². The van der Waals surface area contributed by atoms with Crippen molar-refractivity contribution in [1.29, 1.82) is 0 Å². The van der Waals surface area contributed by atoms with Gasteiger partial charge in [0.2, 0.25) is 0 Å². The summed E-state index contributed by atoms with van der Waals surface area (Å²) in [5.41, 5.74) is -2.30. The molecule has 2 N–H and O–H groups in total. The van der Waals surface area contributed by atoms with Gasteiger partial charge in [0, 0.05) is 31.1 Å². The maximum atomic E-state index is 14.9. The fraction of sp³-hybridized carbons (Fsp3) is 0.357. The van der Waals surface area contributed by atoms with Crippen LogP contribution in [0.3, 0.4) is 0 Å². The standard InChI is InChI=1S/C28H26ClF8N3O3/c1-26(23-10-9-19(29)16-38-23,18-12-20(30)14-22(13-18)43-28(36,37)24(31)32)40(21-7-3-2-4-8-21)25(42)39-15-17(6-5-11-41)27(33,34)35/h2-4,7-10,12-14,16-17,24,41H,5-6,11,15H2,1H3,(H,39,42)/t17?,26-/m0/s1. The molecule has 0 aliphatic carbocycles. The summed E-state index contributed by atoms with van der Waals surface area (Å²) in [5, 5.41) is 11.4. The number of aliphatic hydroxyl groups is 1. The number of alkyl halides is 7. The molecule has 1 heterocycles. The minimum Gasteiger partial charge on any atom is -0.428 e. The van der Waals surface area contributed by atoms with Gasteiger partial charge in [0.15, 0.2) is 0 Å². The summed E-state index contributed by atoms with van der Waals surface area (Å²) in [4.78, 5) is 18.9. The smallest absolute Gasteiger partial charge is 0.428 e. The fourth-order valence-corrected chi connectivity index (χ4v) is 4.44. The van der Waals surface area contributed by atoms with Crippen LogP contribution in [0.1, 0.15) is 31.0 Å². The number of amides is 2. The van der Waals surface area contributed by atoms with E-state index >= 15 is 0 Å². The summed E-state index contributed by atoms with van der Waals surface area (Å²) < 4.78 is 113. The number of aliphatic hydroxyl groups excluding tert-OH is 1. The second-order valence-corrected chi connectivity index (χ2v) is 9.97. The highest BCUT2D eigenvalue weighted by Crippen LogP contribution is 2.41. The van der Waals surface area contributed by atoms with Crippen molar-refractivity contribution in [3.63, 3.8) is 0 Å². The number of urea groups is 1. The van der Waals surface area contributed by atoms with Crippen molar-refractivity contribution in [3.8, 4) is 5.75 Å². The lowest BCUT2D eigenvalue weighted by Crippen LogP contribution is -2.54. The van der Waals surface area contributed by atoms with Crippen LogP contribution in [0.4, 0.5) is 45.6 Å². The lowest BCUT2D eigenvalue weighted by molar-refractivity contribution is -0.253. The molecule has 15 heteroatoms. The molecular formula is C28H26ClF8N3O3. The van der Waals surface area contributed by atoms with Gasteiger partial charge in [-0.15, -0.1) is 0 Å². The van der Waals surface area contributed by atoms with Crippen molar-refractivity contribution in [2.45, 2.75) is 44.0 Å². The molecule has 0 aliphatic rings. The number of pyridine rings is 1. The van der Waals surface area contributed by atoms with Crippen molar-refractivity contribution in [1.82, 2.24) is 10.3 Å². The SMILES string of the molecule is C[C@](c1cc(F)cc(OC(F)(F)C(F)F)c1)(c1ccc(Cl)cn1)N(C(=O)NCC(CCCO)C(F)(F)F)c1ccccc1. The molecule has 234 valence electrons. The van der Waals surface area contributed by atoms with E-state index < -0.39 is 67.3 Å². The zero-order valence-electron chi connectivity index (χ0n) is 22.4. The van der Waals surface area contributed by atoms with Gasteiger partial charge in [0.25, 0.3) is 0 Å². The normalized spacial score (nSPS) is 14.2. The molecule has 0 saturated carbocycles. The molecule has 0 spiro atoms. The second kappa shape index (κ2) is 13.8. The predicted molar refractivity (Wildman–Crippen MR) is 142 cm³/mol. The van der Waals surface area contributed by atoms with E-state index in [9.17, 15) is 39.9 Å². The summed E-state index contributed by atoms with van der Waals surface area (Å²) >= 11 is 5.97. The number of ether oxygens (including phenoxy) is 1. The molecule has 3 aromatic rings. The average molecular weight is 640 g/mol. The lowest BCUT2D eigenvalue weighted by atomic mass is 9.85. The van der Waals surface area contributed by atoms with Crippen LogP contribution in [0.5, 0.6) is 5.75 Å². The molecule has 43 heavy (non-hydrogen) atoms. The Hall–Kier alpha value is -3.65. The number of halogens is 9. The van der Waals surface area contributed by atoms with Crippen LogP contribution in [0.25, 0.3) is 0 Å². The van der Waals surface area contributed by atoms with Gasteiger partial charge in [-0.05, 0) is 61.7 Å². The molecule has 1 aromatic heterocycles. The minimum atomic E-state index is -5.00. The number of carbonyl (C=O) groups is 1. The first kappa shape index (κ1) is 33.8. The topological polar surface area (TPSA) is 74.7 Å². The van der Waals surface area contributed by atoms with Gasteiger partial charge in [0.1, 0.15) is 17.1 Å². The molecule has 2 amide bonds. The summed E-state index contributed by atoms with van der Waals surface area (Å²) in [7, 11) is 0. The molecule has 2 atom stereocenters. The number of nitrogens with zero attached hydrogens (tertiary/aromatic N) is 2. The zero-order valence-corrected chi connectivity index (χ0v) is 23.1. The Morgan fingerprint density at radius 2 is 1.74 bits per heavy atom. The summed E-state index contributed by atoms with van der Waals surface area (Å²) in [6, 6.07) is 10.9. The maximum absolute atomic E-state index is 14.9. The van der Waals surface area contributed by atoms with E-state index in [1.54, 1.807) is 6.07 Å². The molecule has 0 saturated heterocycles. The highest BCUT2D eigenvalue weighted by atomic mass is 35.5. The van der Waals surface area contributed by atoms with Crippen LogP contribution < -0.4 is 15.0 Å². The van der Waals surface area contributed by atoms with Crippen LogP contribution in [0.15, 0.2) is 66.9 Å². The molecular weight excluding hydrogens is 614 g/mol. The first-order chi connectivity index (χ1) is 20.1. The lowest BCUT2D eigenvalue weighted by Gasteiger charge is -2.42. The van der Waals surface area contributed by atoms with Gasteiger partial charge >= 0.3 is 24.7 Å². The third-order valence-corrected chi connectivity index (χ3v) is 6.73. The Morgan fingerprint density at radius 3 is 2.30 bits per heavy atom. The van der Waals surface area contributed by atoms with E-state index in [0.717, 1.165) is 23.2 Å². The number of para-hydroxylation sites is 1. The van der Waals surface area contributed by atoms with Gasteiger partial charge in [-0.3, -0.25) is 9.88 Å². The van der Waals surface area contributed by atoms with Crippen LogP contribution >= 0.6 is 11.6 Å². The predicted octanol–water partition coefficient (Wildman–Crippen LogP) is 7.54. The van der Waals surface area contributed by atoms with Crippen molar-refractivity contribution >= 4 is 23.3 Å². The Morgan fingerprint density at radius 1 is 1.07 bits per heavy atom. The van der Waals surface area contributed by atoms with E-state index in [1.807, 2.05) is 0 Å². The Bertz CT molecular complexity index is 1360. The van der Waals surface area contributed by atoms with E-state index in [1.165, 1.54) is 43.3 Å². The number of hydrogen-bond acceptors (Lipinski definition) is 4. The van der Waals surface area contributed by atoms with Crippen molar-refractivity contribution in [3.05, 3.63) is 89.0 Å². The number of rotatable bonds is 12. The number of carbonyl (C=O) groups excluding carboxylic acids is 1. The fourth-order valence-electron chi connectivity index (χ4n) is 4.32. The molecule has 2 aromatic carbocycles. The highest BCUT2D eigenvalue weighted by Gasteiger charge is 2.46. The van der Waals surface area contributed by atoms with Gasteiger partial charge in [-0.1, -0.05) is 29.8 Å². The van der Waals surface area contributed by atoms with Crippen molar-refractivity contribution in [2.24, 2.45) is 5.92 Å². The van der Waals surface area contributed by atoms with Crippen molar-refractivity contribution in [2.75, 3.05) is 18.1 Å². The molecule has 3 rings (SSSR count). The van der Waals surface area contributed by atoms with Gasteiger partial charge in [0.05, 0.1) is 16.6 Å². The first-order valence-corrected chi connectivity index (χ1v) is 13.1. The van der Waals surface area contributed by atoms with E-state index in [2.05, 4.69) is 15.0 Å². The third-order valence-electron chi connectivity index (χ3n) is 6.51. The van der Waals surface area contributed by atoms with Crippen LogP contribution in [-0.2, 0) is 5.54 Å². The second-order valence-electron chi connectivity index (χ2n) is 9.54. The first-order valence-electron chi connectivity index (χ1n) is 12.7. The quantitative estimate of drug-likeness (QED) is 0.201. The Balaban J connectivity index is 2.21. The van der Waals surface area contributed by atoms with Crippen LogP contribution in [0, 0.1) is 11.7 Å². The highest BCUT2D eigenvalue weighted by molar-refractivity contribution is 6.30. The molecule has 0 radical (unpaired) electrons. The minimum absolute atomic E-state index is 0.0549. The largest absolute Gasteiger partial charge is 0.461 e. The number of benzene rings is 2. The number of hydrogen-bond donors (Lipinski definition) is 2. The number of nitrogens with one attached hydrogen (secondary N) is 1. The summed E-state index contributed by atoms with van der Waals surface area (Å²) in [6.45, 7) is -0.119. The van der Waals surface area contributed by atoms with Crippen LogP contribution in [0.2, 0.25) is 5.02 Å². The molecule has 6 nitrogen and oxygen atoms in total.